The first-order valence-electron chi connectivity index (χ1n) is 9.36. The van der Waals surface area contributed by atoms with Crippen LogP contribution in [0.15, 0.2) is 24.3 Å². The smallest absolute Gasteiger partial charge is 0.133 e. The predicted octanol–water partition coefficient (Wildman–Crippen LogP) is 3.96. The minimum Gasteiger partial charge on any atom is -0.362 e. The van der Waals surface area contributed by atoms with Crippen LogP contribution in [0.3, 0.4) is 0 Å². The number of nitrogens with one attached hydrogen (secondary N) is 1. The van der Waals surface area contributed by atoms with Crippen LogP contribution in [-0.2, 0) is 19.4 Å². The van der Waals surface area contributed by atoms with Gasteiger partial charge in [-0.2, -0.15) is 0 Å². The second kappa shape index (κ2) is 5.83. The summed E-state index contributed by atoms with van der Waals surface area (Å²) in [6.07, 6.45) is 7.14. The van der Waals surface area contributed by atoms with Gasteiger partial charge in [-0.05, 0) is 57.6 Å². The summed E-state index contributed by atoms with van der Waals surface area (Å²) >= 11 is 0. The molecule has 25 heavy (non-hydrogen) atoms. The molecule has 1 N–H and O–H groups in total. The highest BCUT2D eigenvalue weighted by molar-refractivity contribution is 5.76. The third-order valence-electron chi connectivity index (χ3n) is 5.29. The molecule has 2 aromatic heterocycles. The molecule has 5 rings (SSSR count). The lowest BCUT2D eigenvalue weighted by Crippen LogP contribution is -2.15. The summed E-state index contributed by atoms with van der Waals surface area (Å²) in [7, 11) is 0. The number of aromatic nitrogens is 4. The maximum atomic E-state index is 4.88. The Labute approximate surface area is 147 Å². The lowest BCUT2D eigenvalue weighted by molar-refractivity contribution is 0.657. The number of fused-ring (bicyclic) bond motifs is 2. The molecule has 1 fully saturated rings. The van der Waals surface area contributed by atoms with Gasteiger partial charge in [0, 0.05) is 17.3 Å². The largest absolute Gasteiger partial charge is 0.362 e. The fourth-order valence-electron chi connectivity index (χ4n) is 3.99. The van der Waals surface area contributed by atoms with Crippen LogP contribution in [0, 0.1) is 6.92 Å². The molecule has 128 valence electrons. The summed E-state index contributed by atoms with van der Waals surface area (Å²) in [5.41, 5.74) is 4.89. The van der Waals surface area contributed by atoms with E-state index in [1.807, 2.05) is 6.92 Å². The molecule has 1 aromatic carbocycles. The fraction of sp³-hybridized carbons (Fsp3) is 0.450. The molecule has 2 heterocycles. The van der Waals surface area contributed by atoms with E-state index in [0.29, 0.717) is 12.6 Å². The Morgan fingerprint density at radius 3 is 2.80 bits per heavy atom. The number of nitrogens with zero attached hydrogens (tertiary/aromatic N) is 4. The first-order valence-corrected chi connectivity index (χ1v) is 9.36. The number of aryl methyl sites for hydroxylation is 2. The molecule has 0 spiro atoms. The molecule has 3 aromatic rings. The number of hydrogen-bond acceptors (Lipinski definition) is 4. The molecule has 5 heteroatoms. The lowest BCUT2D eigenvalue weighted by Gasteiger charge is -2.19. The van der Waals surface area contributed by atoms with Gasteiger partial charge in [0.1, 0.15) is 17.5 Å². The van der Waals surface area contributed by atoms with Crippen molar-refractivity contribution in [2.75, 3.05) is 5.32 Å². The van der Waals surface area contributed by atoms with Crippen LogP contribution in [0.5, 0.6) is 0 Å². The molecule has 0 saturated heterocycles. The van der Waals surface area contributed by atoms with Gasteiger partial charge in [-0.25, -0.2) is 15.0 Å². The molecule has 2 aliphatic carbocycles. The Bertz CT molecular complexity index is 939. The minimum absolute atomic E-state index is 0.616. The zero-order valence-corrected chi connectivity index (χ0v) is 14.6. The van der Waals surface area contributed by atoms with Gasteiger partial charge < -0.3 is 9.88 Å². The van der Waals surface area contributed by atoms with Crippen molar-refractivity contribution in [1.82, 2.24) is 19.5 Å². The van der Waals surface area contributed by atoms with E-state index in [1.54, 1.807) is 0 Å². The molecule has 1 saturated carbocycles. The molecule has 0 aliphatic heterocycles. The normalized spacial score (nSPS) is 16.8. The number of rotatable bonds is 4. The number of hydrogen-bond donors (Lipinski definition) is 1. The molecule has 0 bridgehead atoms. The van der Waals surface area contributed by atoms with E-state index in [-0.39, 0.29) is 0 Å². The van der Waals surface area contributed by atoms with E-state index >= 15 is 0 Å². The molecule has 0 amide bonds. The van der Waals surface area contributed by atoms with Gasteiger partial charge in [0.15, 0.2) is 0 Å². The van der Waals surface area contributed by atoms with E-state index in [4.69, 9.17) is 4.98 Å². The first-order chi connectivity index (χ1) is 12.3. The quantitative estimate of drug-likeness (QED) is 0.785. The Morgan fingerprint density at radius 1 is 1.08 bits per heavy atom. The van der Waals surface area contributed by atoms with E-state index < -0.39 is 0 Å². The highest BCUT2D eigenvalue weighted by Crippen LogP contribution is 2.38. The maximum absolute atomic E-state index is 4.88. The molecule has 0 radical (unpaired) electrons. The van der Waals surface area contributed by atoms with Gasteiger partial charge in [-0.3, -0.25) is 0 Å². The van der Waals surface area contributed by atoms with Crippen molar-refractivity contribution < 1.29 is 0 Å². The second-order valence-corrected chi connectivity index (χ2v) is 7.22. The van der Waals surface area contributed by atoms with Crippen molar-refractivity contribution >= 4 is 16.9 Å². The van der Waals surface area contributed by atoms with Crippen molar-refractivity contribution in [2.24, 2.45) is 0 Å². The van der Waals surface area contributed by atoms with Crippen LogP contribution in [0.1, 0.15) is 54.6 Å². The van der Waals surface area contributed by atoms with Crippen molar-refractivity contribution in [3.8, 4) is 0 Å². The second-order valence-electron chi connectivity index (χ2n) is 7.22. The SMILES string of the molecule is Cc1nc2c(c(NCc3nc4ccccc4n3C3CC3)n1)CCCC2. The van der Waals surface area contributed by atoms with Gasteiger partial charge >= 0.3 is 0 Å². The van der Waals surface area contributed by atoms with E-state index in [2.05, 4.69) is 44.1 Å². The summed E-state index contributed by atoms with van der Waals surface area (Å²) in [5, 5.41) is 3.58. The van der Waals surface area contributed by atoms with Gasteiger partial charge in [-0.15, -0.1) is 0 Å². The van der Waals surface area contributed by atoms with Gasteiger partial charge in [0.25, 0.3) is 0 Å². The maximum Gasteiger partial charge on any atom is 0.133 e. The lowest BCUT2D eigenvalue weighted by atomic mass is 9.96. The number of benzene rings is 1. The van der Waals surface area contributed by atoms with E-state index in [0.717, 1.165) is 35.8 Å². The van der Waals surface area contributed by atoms with Gasteiger partial charge in [-0.1, -0.05) is 12.1 Å². The molecule has 0 unspecified atom stereocenters. The van der Waals surface area contributed by atoms with Crippen LogP contribution in [0.2, 0.25) is 0 Å². The standard InChI is InChI=1S/C20H23N5/c1-13-22-16-7-3-2-6-15(16)20(23-13)21-12-19-24-17-8-4-5-9-18(17)25(19)14-10-11-14/h4-5,8-9,14H,2-3,6-7,10-12H2,1H3,(H,21,22,23). The summed E-state index contributed by atoms with van der Waals surface area (Å²) in [5.74, 6) is 2.99. The monoisotopic (exact) mass is 333 g/mol. The Hall–Kier alpha value is -2.43. The van der Waals surface area contributed by atoms with Crippen molar-refractivity contribution in [3.05, 3.63) is 47.2 Å². The summed E-state index contributed by atoms with van der Waals surface area (Å²) < 4.78 is 2.42. The minimum atomic E-state index is 0.616. The fourth-order valence-corrected chi connectivity index (χ4v) is 3.99. The number of imidazole rings is 1. The average molecular weight is 333 g/mol. The Balaban J connectivity index is 1.48. The zero-order valence-electron chi connectivity index (χ0n) is 14.6. The summed E-state index contributed by atoms with van der Waals surface area (Å²) in [6.45, 7) is 2.70. The average Bonchev–Trinajstić information content (AvgIpc) is 3.39. The Morgan fingerprint density at radius 2 is 1.92 bits per heavy atom. The van der Waals surface area contributed by atoms with Crippen molar-refractivity contribution in [2.45, 2.75) is 58.0 Å². The molecular formula is C20H23N5. The van der Waals surface area contributed by atoms with Gasteiger partial charge in [0.05, 0.1) is 17.6 Å². The van der Waals surface area contributed by atoms with Crippen LogP contribution < -0.4 is 5.32 Å². The van der Waals surface area contributed by atoms with Crippen molar-refractivity contribution in [1.29, 1.82) is 0 Å². The van der Waals surface area contributed by atoms with Gasteiger partial charge in [0.2, 0.25) is 0 Å². The molecular weight excluding hydrogens is 310 g/mol. The Kier molecular flexibility index (Phi) is 3.47. The van der Waals surface area contributed by atoms with E-state index in [9.17, 15) is 0 Å². The third kappa shape index (κ3) is 2.68. The van der Waals surface area contributed by atoms with Crippen LogP contribution >= 0.6 is 0 Å². The topological polar surface area (TPSA) is 55.6 Å². The van der Waals surface area contributed by atoms with Crippen LogP contribution in [0.4, 0.5) is 5.82 Å². The van der Waals surface area contributed by atoms with E-state index in [1.165, 1.54) is 42.5 Å². The third-order valence-corrected chi connectivity index (χ3v) is 5.29. The number of para-hydroxylation sites is 2. The summed E-state index contributed by atoms with van der Waals surface area (Å²) in [6, 6.07) is 9.07. The first kappa shape index (κ1) is 14.9. The number of anilines is 1. The highest BCUT2D eigenvalue weighted by Gasteiger charge is 2.28. The molecule has 2 aliphatic rings. The van der Waals surface area contributed by atoms with Crippen molar-refractivity contribution in [3.63, 3.8) is 0 Å². The molecule has 5 nitrogen and oxygen atoms in total. The highest BCUT2D eigenvalue weighted by atomic mass is 15.2. The van der Waals surface area contributed by atoms with Crippen LogP contribution in [0.25, 0.3) is 11.0 Å². The predicted molar refractivity (Wildman–Crippen MR) is 98.7 cm³/mol. The molecule has 0 atom stereocenters. The van der Waals surface area contributed by atoms with Crippen LogP contribution in [-0.4, -0.2) is 19.5 Å². The zero-order chi connectivity index (χ0) is 16.8. The summed E-state index contributed by atoms with van der Waals surface area (Å²) in [4.78, 5) is 14.2.